The fourth-order valence-corrected chi connectivity index (χ4v) is 2.73. The molecule has 1 fully saturated rings. The second kappa shape index (κ2) is 7.92. The lowest BCUT2D eigenvalue weighted by Gasteiger charge is -2.10. The fraction of sp³-hybridized carbons (Fsp3) is 0.263. The molecule has 1 saturated heterocycles. The zero-order valence-electron chi connectivity index (χ0n) is 13.9. The third-order valence-electron chi connectivity index (χ3n) is 4.13. The summed E-state index contributed by atoms with van der Waals surface area (Å²) in [5.74, 6) is -0.121. The van der Waals surface area contributed by atoms with Crippen molar-refractivity contribution in [1.82, 2.24) is 10.9 Å². The summed E-state index contributed by atoms with van der Waals surface area (Å²) in [5.41, 5.74) is 7.56. The van der Waals surface area contributed by atoms with Gasteiger partial charge in [-0.25, -0.2) is 10.9 Å². The molecule has 0 aromatic heterocycles. The number of hydrogen-bond donors (Lipinski definition) is 2. The van der Waals surface area contributed by atoms with E-state index in [1.54, 1.807) is 24.3 Å². The lowest BCUT2D eigenvalue weighted by atomic mass is 10.0. The lowest BCUT2D eigenvalue weighted by molar-refractivity contribution is -0.144. The van der Waals surface area contributed by atoms with Gasteiger partial charge in [0.05, 0.1) is 7.11 Å². The molecular weight excluding hydrogens is 320 g/mol. The molecule has 2 aromatic rings. The van der Waals surface area contributed by atoms with Crippen molar-refractivity contribution in [3.05, 3.63) is 65.7 Å². The average molecular weight is 340 g/mol. The molecular formula is C19H20N2O4. The molecule has 1 aliphatic rings. The van der Waals surface area contributed by atoms with Crippen LogP contribution in [0.4, 0.5) is 0 Å². The van der Waals surface area contributed by atoms with E-state index in [4.69, 9.17) is 9.47 Å². The Labute approximate surface area is 146 Å². The standard InChI is InChI=1S/C19H20N2O4/c1-24-15-9-5-8-14(10-15)18(22)12-25-19(23)17-11-16(20-21-17)13-6-3-2-4-7-13/h2-10,16-17,20-21H,11-12H2,1H3. The maximum Gasteiger partial charge on any atom is 0.325 e. The van der Waals surface area contributed by atoms with Crippen LogP contribution in [-0.4, -0.2) is 31.5 Å². The first-order valence-corrected chi connectivity index (χ1v) is 8.07. The summed E-state index contributed by atoms with van der Waals surface area (Å²) in [7, 11) is 1.53. The van der Waals surface area contributed by atoms with Crippen LogP contribution in [0.5, 0.6) is 5.75 Å². The van der Waals surface area contributed by atoms with Gasteiger partial charge in [-0.1, -0.05) is 42.5 Å². The predicted molar refractivity (Wildman–Crippen MR) is 92.1 cm³/mol. The molecule has 0 bridgehead atoms. The van der Waals surface area contributed by atoms with Gasteiger partial charge in [-0.05, 0) is 24.1 Å². The van der Waals surface area contributed by atoms with Gasteiger partial charge in [0.25, 0.3) is 0 Å². The van der Waals surface area contributed by atoms with Crippen molar-refractivity contribution >= 4 is 11.8 Å². The molecule has 0 spiro atoms. The molecule has 2 unspecified atom stereocenters. The first-order valence-electron chi connectivity index (χ1n) is 8.07. The van der Waals surface area contributed by atoms with E-state index in [0.29, 0.717) is 17.7 Å². The number of methoxy groups -OCH3 is 1. The second-order valence-corrected chi connectivity index (χ2v) is 5.80. The first-order chi connectivity index (χ1) is 12.2. The summed E-state index contributed by atoms with van der Waals surface area (Å²) in [4.78, 5) is 24.3. The highest BCUT2D eigenvalue weighted by molar-refractivity contribution is 5.98. The molecule has 0 saturated carbocycles. The van der Waals surface area contributed by atoms with Gasteiger partial charge < -0.3 is 9.47 Å². The molecule has 2 atom stereocenters. The van der Waals surface area contributed by atoms with Gasteiger partial charge in [-0.2, -0.15) is 0 Å². The zero-order chi connectivity index (χ0) is 17.6. The number of rotatable bonds is 6. The number of benzene rings is 2. The minimum absolute atomic E-state index is 0.0350. The molecule has 130 valence electrons. The molecule has 6 heteroatoms. The van der Waals surface area contributed by atoms with Crippen LogP contribution in [0, 0.1) is 0 Å². The van der Waals surface area contributed by atoms with E-state index in [1.165, 1.54) is 7.11 Å². The summed E-state index contributed by atoms with van der Waals surface area (Å²) < 4.78 is 10.3. The summed E-state index contributed by atoms with van der Waals surface area (Å²) in [6.07, 6.45) is 0.566. The molecule has 1 heterocycles. The lowest BCUT2D eigenvalue weighted by Crippen LogP contribution is -2.38. The van der Waals surface area contributed by atoms with Gasteiger partial charge in [0.1, 0.15) is 11.8 Å². The Balaban J connectivity index is 1.52. The third kappa shape index (κ3) is 4.23. The summed E-state index contributed by atoms with van der Waals surface area (Å²) in [6, 6.07) is 16.2. The monoisotopic (exact) mass is 340 g/mol. The topological polar surface area (TPSA) is 76.7 Å². The zero-order valence-corrected chi connectivity index (χ0v) is 13.9. The van der Waals surface area contributed by atoms with Gasteiger partial charge in [-0.15, -0.1) is 0 Å². The van der Waals surface area contributed by atoms with Crippen LogP contribution in [0.2, 0.25) is 0 Å². The van der Waals surface area contributed by atoms with Gasteiger partial charge in [0, 0.05) is 11.6 Å². The molecule has 2 aromatic carbocycles. The number of carbonyl (C=O) groups excluding carboxylic acids is 2. The number of nitrogens with one attached hydrogen (secondary N) is 2. The summed E-state index contributed by atoms with van der Waals surface area (Å²) >= 11 is 0. The van der Waals surface area contributed by atoms with Gasteiger partial charge in [0.2, 0.25) is 0 Å². The first kappa shape index (κ1) is 17.1. The normalized spacial score (nSPS) is 19.4. The van der Waals surface area contributed by atoms with Crippen LogP contribution in [0.15, 0.2) is 54.6 Å². The summed E-state index contributed by atoms with van der Waals surface area (Å²) in [6.45, 7) is -0.291. The summed E-state index contributed by atoms with van der Waals surface area (Å²) in [5, 5.41) is 0. The predicted octanol–water partition coefficient (Wildman–Crippen LogP) is 2.03. The SMILES string of the molecule is COc1cccc(C(=O)COC(=O)C2CC(c3ccccc3)NN2)c1. The molecule has 3 rings (SSSR count). The number of ether oxygens (including phenoxy) is 2. The maximum absolute atomic E-state index is 12.2. The van der Waals surface area contributed by atoms with Crippen LogP contribution in [0.3, 0.4) is 0 Å². The van der Waals surface area contributed by atoms with Crippen molar-refractivity contribution in [1.29, 1.82) is 0 Å². The molecule has 25 heavy (non-hydrogen) atoms. The van der Waals surface area contributed by atoms with Crippen molar-refractivity contribution in [2.75, 3.05) is 13.7 Å². The Morgan fingerprint density at radius 2 is 1.88 bits per heavy atom. The molecule has 6 nitrogen and oxygen atoms in total. The maximum atomic E-state index is 12.2. The van der Waals surface area contributed by atoms with Gasteiger partial charge >= 0.3 is 5.97 Å². The average Bonchev–Trinajstić information content (AvgIpc) is 3.17. The molecule has 1 aliphatic heterocycles. The minimum Gasteiger partial charge on any atom is -0.497 e. The Kier molecular flexibility index (Phi) is 5.42. The Bertz CT molecular complexity index is 748. The highest BCUT2D eigenvalue weighted by Crippen LogP contribution is 2.22. The van der Waals surface area contributed by atoms with Gasteiger partial charge in [-0.3, -0.25) is 9.59 Å². The van der Waals surface area contributed by atoms with Crippen molar-refractivity contribution in [2.24, 2.45) is 0 Å². The van der Waals surface area contributed by atoms with Crippen molar-refractivity contribution in [2.45, 2.75) is 18.5 Å². The number of hydrogen-bond acceptors (Lipinski definition) is 6. The number of hydrazine groups is 1. The quantitative estimate of drug-likeness (QED) is 0.619. The molecule has 2 N–H and O–H groups in total. The molecule has 0 amide bonds. The Hall–Kier alpha value is -2.70. The van der Waals surface area contributed by atoms with Crippen LogP contribution in [0.25, 0.3) is 0 Å². The number of carbonyl (C=O) groups is 2. The molecule has 0 radical (unpaired) electrons. The van der Waals surface area contributed by atoms with Crippen molar-refractivity contribution in [3.63, 3.8) is 0 Å². The second-order valence-electron chi connectivity index (χ2n) is 5.80. The van der Waals surface area contributed by atoms with Crippen LogP contribution >= 0.6 is 0 Å². The highest BCUT2D eigenvalue weighted by Gasteiger charge is 2.31. The van der Waals surface area contributed by atoms with E-state index in [1.807, 2.05) is 30.3 Å². The Morgan fingerprint density at radius 1 is 1.08 bits per heavy atom. The number of ketones is 1. The van der Waals surface area contributed by atoms with E-state index in [0.717, 1.165) is 5.56 Å². The van der Waals surface area contributed by atoms with E-state index in [2.05, 4.69) is 10.9 Å². The largest absolute Gasteiger partial charge is 0.497 e. The number of Topliss-reactive ketones (excluding diaryl/α,β-unsaturated/α-hetero) is 1. The van der Waals surface area contributed by atoms with E-state index in [9.17, 15) is 9.59 Å². The highest BCUT2D eigenvalue weighted by atomic mass is 16.5. The minimum atomic E-state index is -0.483. The van der Waals surface area contributed by atoms with E-state index in [-0.39, 0.29) is 18.4 Å². The molecule has 0 aliphatic carbocycles. The van der Waals surface area contributed by atoms with E-state index < -0.39 is 12.0 Å². The fourth-order valence-electron chi connectivity index (χ4n) is 2.73. The van der Waals surface area contributed by atoms with Crippen molar-refractivity contribution in [3.8, 4) is 5.75 Å². The van der Waals surface area contributed by atoms with Gasteiger partial charge in [0.15, 0.2) is 12.4 Å². The van der Waals surface area contributed by atoms with E-state index >= 15 is 0 Å². The Morgan fingerprint density at radius 3 is 2.64 bits per heavy atom. The van der Waals surface area contributed by atoms with Crippen LogP contribution in [-0.2, 0) is 9.53 Å². The third-order valence-corrected chi connectivity index (χ3v) is 4.13. The van der Waals surface area contributed by atoms with Crippen LogP contribution < -0.4 is 15.6 Å². The van der Waals surface area contributed by atoms with Crippen LogP contribution in [0.1, 0.15) is 28.4 Å². The van der Waals surface area contributed by atoms with Crippen molar-refractivity contribution < 1.29 is 19.1 Å². The number of esters is 1. The smallest absolute Gasteiger partial charge is 0.325 e.